The summed E-state index contributed by atoms with van der Waals surface area (Å²) in [7, 11) is 0. The number of aliphatic hydroxyl groups excluding tert-OH is 3. The maximum Gasteiger partial charge on any atom is 0.309 e. The van der Waals surface area contributed by atoms with Gasteiger partial charge in [-0.2, -0.15) is 0 Å². The molecule has 4 N–H and O–H groups in total. The van der Waals surface area contributed by atoms with Gasteiger partial charge in [0.15, 0.2) is 6.29 Å². The van der Waals surface area contributed by atoms with Gasteiger partial charge < -0.3 is 29.9 Å². The van der Waals surface area contributed by atoms with E-state index in [9.17, 15) is 25.2 Å². The highest BCUT2D eigenvalue weighted by atomic mass is 16.7. The average molecular weight is 589 g/mol. The molecule has 5 fully saturated rings. The first-order valence-corrected chi connectivity index (χ1v) is 16.7. The summed E-state index contributed by atoms with van der Waals surface area (Å²) in [6, 6.07) is 0. The Balaban J connectivity index is 1.30. The highest BCUT2D eigenvalue weighted by Crippen LogP contribution is 2.75. The molecule has 0 bridgehead atoms. The van der Waals surface area contributed by atoms with Crippen LogP contribution in [0.1, 0.15) is 106 Å². The summed E-state index contributed by atoms with van der Waals surface area (Å²) in [5.41, 5.74) is -0.409. The first-order valence-electron chi connectivity index (χ1n) is 16.7. The largest absolute Gasteiger partial charge is 0.481 e. The van der Waals surface area contributed by atoms with Crippen molar-refractivity contribution in [3.05, 3.63) is 12.2 Å². The zero-order valence-electron chi connectivity index (χ0n) is 26.9. The van der Waals surface area contributed by atoms with E-state index in [1.165, 1.54) is 0 Å². The normalized spacial score (nSPS) is 54.3. The van der Waals surface area contributed by atoms with E-state index in [2.05, 4.69) is 60.6 Å². The summed E-state index contributed by atoms with van der Waals surface area (Å²) in [5, 5.41) is 41.0. The van der Waals surface area contributed by atoms with Crippen LogP contribution in [0.4, 0.5) is 0 Å². The van der Waals surface area contributed by atoms with Gasteiger partial charge >= 0.3 is 5.97 Å². The number of allylic oxidation sites excluding steroid dienone is 2. The summed E-state index contributed by atoms with van der Waals surface area (Å²) >= 11 is 0. The fourth-order valence-corrected chi connectivity index (χ4v) is 12.1. The maximum absolute atomic E-state index is 12.9. The molecule has 42 heavy (non-hydrogen) atoms. The lowest BCUT2D eigenvalue weighted by Crippen LogP contribution is -2.66. The van der Waals surface area contributed by atoms with E-state index in [0.717, 1.165) is 57.8 Å². The summed E-state index contributed by atoms with van der Waals surface area (Å²) in [4.78, 5) is 12.9. The molecule has 13 atom stereocenters. The van der Waals surface area contributed by atoms with Crippen LogP contribution < -0.4 is 0 Å². The smallest absolute Gasteiger partial charge is 0.309 e. The Hall–Kier alpha value is -0.990. The van der Waals surface area contributed by atoms with E-state index in [-0.39, 0.29) is 51.6 Å². The molecule has 7 nitrogen and oxygen atoms in total. The molecule has 0 aromatic rings. The number of rotatable bonds is 4. The van der Waals surface area contributed by atoms with Gasteiger partial charge in [-0.05, 0) is 109 Å². The molecule has 0 aromatic carbocycles. The van der Waals surface area contributed by atoms with Crippen molar-refractivity contribution in [1.82, 2.24) is 0 Å². The van der Waals surface area contributed by atoms with E-state index in [4.69, 9.17) is 9.47 Å². The maximum atomic E-state index is 12.9. The molecule has 0 amide bonds. The van der Waals surface area contributed by atoms with Crippen LogP contribution in [-0.4, -0.2) is 63.7 Å². The predicted octanol–water partition coefficient (Wildman–Crippen LogP) is 5.55. The van der Waals surface area contributed by atoms with Gasteiger partial charge in [-0.25, -0.2) is 0 Å². The van der Waals surface area contributed by atoms with E-state index in [0.29, 0.717) is 11.8 Å². The zero-order valence-corrected chi connectivity index (χ0v) is 26.9. The van der Waals surface area contributed by atoms with Gasteiger partial charge in [-0.1, -0.05) is 60.6 Å². The number of aliphatic carboxylic acids is 1. The third kappa shape index (κ3) is 4.05. The summed E-state index contributed by atoms with van der Waals surface area (Å²) < 4.78 is 12.2. The zero-order chi connectivity index (χ0) is 30.7. The van der Waals surface area contributed by atoms with E-state index < -0.39 is 36.0 Å². The van der Waals surface area contributed by atoms with Crippen molar-refractivity contribution in [2.75, 3.05) is 6.61 Å². The van der Waals surface area contributed by atoms with Crippen LogP contribution in [0, 0.1) is 56.2 Å². The minimum Gasteiger partial charge on any atom is -0.481 e. The first kappa shape index (κ1) is 31.0. The van der Waals surface area contributed by atoms with Crippen LogP contribution in [0.2, 0.25) is 0 Å². The molecule has 6 aliphatic rings. The van der Waals surface area contributed by atoms with Crippen molar-refractivity contribution in [2.45, 2.75) is 137 Å². The molecule has 0 radical (unpaired) electrons. The lowest BCUT2D eigenvalue weighted by molar-refractivity contribution is -0.261. The lowest BCUT2D eigenvalue weighted by Gasteiger charge is -2.71. The highest BCUT2D eigenvalue weighted by Gasteiger charge is 2.70. The number of fused-ring (bicyclic) bond motifs is 7. The summed E-state index contributed by atoms with van der Waals surface area (Å²) in [6.45, 7) is 16.4. The Morgan fingerprint density at radius 1 is 0.881 bits per heavy atom. The van der Waals surface area contributed by atoms with Gasteiger partial charge in [0.25, 0.3) is 0 Å². The number of carboxylic acid groups (broad SMARTS) is 1. The molecular formula is C35H56O7. The first-order chi connectivity index (χ1) is 19.5. The highest BCUT2D eigenvalue weighted by molar-refractivity contribution is 5.75. The minimum absolute atomic E-state index is 0.0478. The van der Waals surface area contributed by atoms with Gasteiger partial charge in [0, 0.05) is 0 Å². The number of hydrogen-bond acceptors (Lipinski definition) is 6. The monoisotopic (exact) mass is 588 g/mol. The van der Waals surface area contributed by atoms with Crippen molar-refractivity contribution in [3.63, 3.8) is 0 Å². The SMILES string of the molecule is CC1(C)CC[C@]2(C(=O)O)CC[C@]3(C)[C@H](C=C[C@@H]4[C@@]5(C)CC[C@H](O[C@H]6O[C@H](CO)[C@@H](O)[C@@H]6O)C(C)(C)[C@@H]5CC[C@]43C)[C@H]2C1. The number of ether oxygens (including phenoxy) is 2. The Morgan fingerprint density at radius 2 is 1.57 bits per heavy atom. The standard InChI is InChI=1S/C35H56O7/c1-30(2)14-16-35(29(39)40)17-15-33(6)20(21(35)18-30)8-9-24-32(5)12-11-25(31(3,4)23(32)10-13-34(24,33)7)42-28-27(38)26(37)22(19-36)41-28/h8-9,20-28,36-38H,10-19H2,1-7H3,(H,39,40)/t20-,21-,22-,23+,24-,25+,26-,27+,28-,32+,33-,34-,35+/m1/s1. The molecule has 0 spiro atoms. The molecule has 0 aromatic heterocycles. The molecule has 238 valence electrons. The van der Waals surface area contributed by atoms with E-state index in [1.807, 2.05) is 0 Å². The molecule has 1 aliphatic heterocycles. The molecule has 5 aliphatic carbocycles. The van der Waals surface area contributed by atoms with Crippen LogP contribution in [0.5, 0.6) is 0 Å². The minimum atomic E-state index is -1.17. The van der Waals surface area contributed by atoms with Crippen LogP contribution in [-0.2, 0) is 14.3 Å². The number of carbonyl (C=O) groups is 1. The second kappa shape index (κ2) is 9.75. The van der Waals surface area contributed by atoms with Crippen LogP contribution in [0.3, 0.4) is 0 Å². The average Bonchev–Trinajstić information content (AvgIpc) is 3.18. The third-order valence-corrected chi connectivity index (χ3v) is 14.8. The van der Waals surface area contributed by atoms with Crippen molar-refractivity contribution in [3.8, 4) is 0 Å². The molecule has 7 heteroatoms. The second-order valence-electron chi connectivity index (χ2n) is 17.4. The van der Waals surface area contributed by atoms with Crippen LogP contribution in [0.15, 0.2) is 12.2 Å². The molecule has 6 rings (SSSR count). The number of carboxylic acids is 1. The fourth-order valence-electron chi connectivity index (χ4n) is 12.1. The van der Waals surface area contributed by atoms with Gasteiger partial charge in [0.2, 0.25) is 0 Å². The number of hydrogen-bond donors (Lipinski definition) is 4. The molecule has 1 saturated heterocycles. The topological polar surface area (TPSA) is 116 Å². The lowest BCUT2D eigenvalue weighted by atomic mass is 9.33. The molecule has 1 heterocycles. The summed E-state index contributed by atoms with van der Waals surface area (Å²) in [6.07, 6.45) is 9.35. The Labute approximate surface area is 252 Å². The Morgan fingerprint density at radius 3 is 2.21 bits per heavy atom. The summed E-state index contributed by atoms with van der Waals surface area (Å²) in [5.74, 6) is 0.680. The van der Waals surface area contributed by atoms with Crippen LogP contribution in [0.25, 0.3) is 0 Å². The molecular weight excluding hydrogens is 532 g/mol. The quantitative estimate of drug-likeness (QED) is 0.318. The van der Waals surface area contributed by atoms with Crippen molar-refractivity contribution < 1.29 is 34.7 Å². The van der Waals surface area contributed by atoms with Gasteiger partial charge in [0.1, 0.15) is 18.3 Å². The Kier molecular flexibility index (Phi) is 7.20. The van der Waals surface area contributed by atoms with Gasteiger partial charge in [-0.3, -0.25) is 4.79 Å². The fraction of sp³-hybridized carbons (Fsp3) is 0.914. The van der Waals surface area contributed by atoms with Crippen molar-refractivity contribution >= 4 is 5.97 Å². The third-order valence-electron chi connectivity index (χ3n) is 14.8. The van der Waals surface area contributed by atoms with Crippen molar-refractivity contribution in [1.29, 1.82) is 0 Å². The van der Waals surface area contributed by atoms with Crippen LogP contribution >= 0.6 is 0 Å². The molecule has 0 unspecified atom stereocenters. The molecule has 4 saturated carbocycles. The Bertz CT molecular complexity index is 1120. The predicted molar refractivity (Wildman–Crippen MR) is 159 cm³/mol. The van der Waals surface area contributed by atoms with E-state index in [1.54, 1.807) is 0 Å². The number of aliphatic hydroxyl groups is 3. The second-order valence-corrected chi connectivity index (χ2v) is 17.4. The van der Waals surface area contributed by atoms with Gasteiger partial charge in [-0.15, -0.1) is 0 Å². The van der Waals surface area contributed by atoms with Crippen molar-refractivity contribution in [2.24, 2.45) is 56.2 Å². The van der Waals surface area contributed by atoms with Gasteiger partial charge in [0.05, 0.1) is 18.1 Å². The van der Waals surface area contributed by atoms with E-state index >= 15 is 0 Å².